The molecule has 29 heavy (non-hydrogen) atoms. The summed E-state index contributed by atoms with van der Waals surface area (Å²) in [6, 6.07) is 6.72. The van der Waals surface area contributed by atoms with Crippen molar-refractivity contribution in [1.82, 2.24) is 14.9 Å². The molecule has 4 rings (SSSR count). The van der Waals surface area contributed by atoms with Crippen LogP contribution in [-0.4, -0.2) is 33.9 Å². The van der Waals surface area contributed by atoms with Gasteiger partial charge in [-0.15, -0.1) is 0 Å². The summed E-state index contributed by atoms with van der Waals surface area (Å²) in [5, 5.41) is 0. The van der Waals surface area contributed by atoms with E-state index in [2.05, 4.69) is 4.90 Å². The molecule has 0 saturated carbocycles. The van der Waals surface area contributed by atoms with Gasteiger partial charge in [0.15, 0.2) is 5.82 Å². The van der Waals surface area contributed by atoms with Crippen LogP contribution in [0.3, 0.4) is 0 Å². The van der Waals surface area contributed by atoms with Gasteiger partial charge in [0.25, 0.3) is 0 Å². The van der Waals surface area contributed by atoms with Crippen LogP contribution in [0.2, 0.25) is 0 Å². The van der Waals surface area contributed by atoms with Gasteiger partial charge in [0.2, 0.25) is 5.91 Å². The molecule has 0 spiro atoms. The summed E-state index contributed by atoms with van der Waals surface area (Å²) in [7, 11) is 0. The Balaban J connectivity index is 1.68. The summed E-state index contributed by atoms with van der Waals surface area (Å²) in [4.78, 5) is 26.5. The molecular formula is C23H29FN4O. The molecule has 3 heterocycles. The second kappa shape index (κ2) is 8.47. The third-order valence-corrected chi connectivity index (χ3v) is 6.05. The first-order valence-corrected chi connectivity index (χ1v) is 10.7. The fraction of sp³-hybridized carbons (Fsp3) is 0.522. The molecule has 2 aliphatic heterocycles. The topological polar surface area (TPSA) is 49.3 Å². The van der Waals surface area contributed by atoms with Crippen molar-refractivity contribution < 1.29 is 9.18 Å². The van der Waals surface area contributed by atoms with Gasteiger partial charge in [0.05, 0.1) is 6.04 Å². The summed E-state index contributed by atoms with van der Waals surface area (Å²) < 4.78 is 13.7. The molecule has 0 N–H and O–H groups in total. The largest absolute Gasteiger partial charge is 0.352 e. The number of aryl methyl sites for hydroxylation is 1. The average Bonchev–Trinajstić information content (AvgIpc) is 2.73. The Labute approximate surface area is 172 Å². The van der Waals surface area contributed by atoms with Gasteiger partial charge in [-0.3, -0.25) is 4.79 Å². The quantitative estimate of drug-likeness (QED) is 0.771. The SMILES string of the molecule is CCC(=O)N1CCCCC1c1nc(C)c2c(n1)N(Cc1cccc(F)c1)CCC2. The zero-order chi connectivity index (χ0) is 20.4. The maximum atomic E-state index is 13.7. The lowest BCUT2D eigenvalue weighted by Gasteiger charge is -2.36. The van der Waals surface area contributed by atoms with E-state index < -0.39 is 0 Å². The molecule has 154 valence electrons. The van der Waals surface area contributed by atoms with E-state index in [-0.39, 0.29) is 17.8 Å². The number of anilines is 1. The third kappa shape index (κ3) is 4.11. The lowest BCUT2D eigenvalue weighted by atomic mass is 9.99. The molecule has 6 heteroatoms. The highest BCUT2D eigenvalue weighted by Gasteiger charge is 2.31. The number of hydrogen-bond acceptors (Lipinski definition) is 4. The van der Waals surface area contributed by atoms with Crippen LogP contribution >= 0.6 is 0 Å². The fourth-order valence-electron chi connectivity index (χ4n) is 4.57. The number of halogens is 1. The molecule has 1 saturated heterocycles. The minimum absolute atomic E-state index is 0.0434. The monoisotopic (exact) mass is 396 g/mol. The lowest BCUT2D eigenvalue weighted by molar-refractivity contribution is -0.134. The molecule has 2 aromatic rings. The van der Waals surface area contributed by atoms with Crippen molar-refractivity contribution in [2.75, 3.05) is 18.0 Å². The number of rotatable bonds is 4. The molecule has 0 aliphatic carbocycles. The zero-order valence-corrected chi connectivity index (χ0v) is 17.3. The number of benzene rings is 1. The molecule has 0 bridgehead atoms. The summed E-state index contributed by atoms with van der Waals surface area (Å²) in [6.07, 6.45) is 5.54. The van der Waals surface area contributed by atoms with E-state index in [0.717, 1.165) is 68.1 Å². The third-order valence-electron chi connectivity index (χ3n) is 6.05. The molecule has 1 aromatic carbocycles. The molecule has 1 unspecified atom stereocenters. The highest BCUT2D eigenvalue weighted by molar-refractivity contribution is 5.76. The molecule has 1 atom stereocenters. The smallest absolute Gasteiger partial charge is 0.222 e. The highest BCUT2D eigenvalue weighted by atomic mass is 19.1. The van der Waals surface area contributed by atoms with Crippen molar-refractivity contribution in [1.29, 1.82) is 0 Å². The molecule has 5 nitrogen and oxygen atoms in total. The predicted molar refractivity (Wildman–Crippen MR) is 111 cm³/mol. The van der Waals surface area contributed by atoms with Crippen molar-refractivity contribution in [3.63, 3.8) is 0 Å². The Morgan fingerprint density at radius 1 is 1.21 bits per heavy atom. The van der Waals surface area contributed by atoms with Crippen LogP contribution in [0.5, 0.6) is 0 Å². The first-order chi connectivity index (χ1) is 14.1. The van der Waals surface area contributed by atoms with Gasteiger partial charge in [-0.2, -0.15) is 0 Å². The van der Waals surface area contributed by atoms with Gasteiger partial charge < -0.3 is 9.80 Å². The van der Waals surface area contributed by atoms with Crippen molar-refractivity contribution in [2.45, 2.75) is 65.0 Å². The molecule has 1 aromatic heterocycles. The first kappa shape index (κ1) is 19.8. The van der Waals surface area contributed by atoms with Gasteiger partial charge >= 0.3 is 0 Å². The number of amides is 1. The lowest BCUT2D eigenvalue weighted by Crippen LogP contribution is -2.39. The number of nitrogens with zero attached hydrogens (tertiary/aromatic N) is 4. The Kier molecular flexibility index (Phi) is 5.79. The summed E-state index contributed by atoms with van der Waals surface area (Å²) in [6.45, 7) is 6.26. The average molecular weight is 397 g/mol. The normalized spacial score (nSPS) is 19.2. The first-order valence-electron chi connectivity index (χ1n) is 10.7. The number of piperidine rings is 1. The van der Waals surface area contributed by atoms with Crippen molar-refractivity contribution >= 4 is 11.7 Å². The van der Waals surface area contributed by atoms with Crippen LogP contribution in [-0.2, 0) is 17.8 Å². The molecule has 1 amide bonds. The second-order valence-electron chi connectivity index (χ2n) is 8.08. The van der Waals surface area contributed by atoms with Crippen molar-refractivity contribution in [2.24, 2.45) is 0 Å². The Bertz CT molecular complexity index is 900. The minimum atomic E-state index is -0.213. The predicted octanol–water partition coefficient (Wildman–Crippen LogP) is 4.34. The van der Waals surface area contributed by atoms with E-state index in [0.29, 0.717) is 13.0 Å². The number of likely N-dealkylation sites (tertiary alicyclic amines) is 1. The van der Waals surface area contributed by atoms with Gasteiger partial charge in [-0.05, 0) is 56.7 Å². The fourth-order valence-corrected chi connectivity index (χ4v) is 4.57. The number of aromatic nitrogens is 2. The number of fused-ring (bicyclic) bond motifs is 1. The van der Waals surface area contributed by atoms with Crippen LogP contribution in [0.15, 0.2) is 24.3 Å². The van der Waals surface area contributed by atoms with Crippen LogP contribution in [0, 0.1) is 12.7 Å². The number of carbonyl (C=O) groups excluding carboxylic acids is 1. The van der Waals surface area contributed by atoms with E-state index in [9.17, 15) is 9.18 Å². The molecule has 1 fully saturated rings. The maximum Gasteiger partial charge on any atom is 0.222 e. The molecular weight excluding hydrogens is 367 g/mol. The second-order valence-corrected chi connectivity index (χ2v) is 8.08. The number of hydrogen-bond donors (Lipinski definition) is 0. The Hall–Kier alpha value is -2.50. The Morgan fingerprint density at radius 2 is 2.07 bits per heavy atom. The Morgan fingerprint density at radius 3 is 2.86 bits per heavy atom. The van der Waals surface area contributed by atoms with Gasteiger partial charge in [0.1, 0.15) is 11.6 Å². The summed E-state index contributed by atoms with van der Waals surface area (Å²) in [5.41, 5.74) is 3.13. The molecule has 0 radical (unpaired) electrons. The van der Waals surface area contributed by atoms with Crippen LogP contribution in [0.4, 0.5) is 10.2 Å². The van der Waals surface area contributed by atoms with Crippen molar-refractivity contribution in [3.05, 3.63) is 52.7 Å². The van der Waals surface area contributed by atoms with Crippen LogP contribution < -0.4 is 4.90 Å². The molecule has 2 aliphatic rings. The van der Waals surface area contributed by atoms with E-state index in [1.165, 1.54) is 11.6 Å². The van der Waals surface area contributed by atoms with Gasteiger partial charge in [-0.1, -0.05) is 19.1 Å². The minimum Gasteiger partial charge on any atom is -0.352 e. The standard InChI is InChI=1S/C23H29FN4O/c1-3-21(29)28-13-5-4-11-20(28)22-25-16(2)19-10-7-12-27(23(19)26-22)15-17-8-6-9-18(24)14-17/h6,8-9,14,20H,3-5,7,10-13,15H2,1-2H3. The van der Waals surface area contributed by atoms with Gasteiger partial charge in [-0.25, -0.2) is 14.4 Å². The van der Waals surface area contributed by atoms with Crippen LogP contribution in [0.1, 0.15) is 67.7 Å². The zero-order valence-electron chi connectivity index (χ0n) is 17.3. The van der Waals surface area contributed by atoms with Crippen molar-refractivity contribution in [3.8, 4) is 0 Å². The summed E-state index contributed by atoms with van der Waals surface area (Å²) in [5.74, 6) is 1.67. The van der Waals surface area contributed by atoms with Gasteiger partial charge in [0, 0.05) is 37.3 Å². The summed E-state index contributed by atoms with van der Waals surface area (Å²) >= 11 is 0. The maximum absolute atomic E-state index is 13.7. The van der Waals surface area contributed by atoms with E-state index in [1.807, 2.05) is 24.8 Å². The highest BCUT2D eigenvalue weighted by Crippen LogP contribution is 2.34. The van der Waals surface area contributed by atoms with E-state index >= 15 is 0 Å². The van der Waals surface area contributed by atoms with Crippen LogP contribution in [0.25, 0.3) is 0 Å². The van der Waals surface area contributed by atoms with E-state index in [1.54, 1.807) is 12.1 Å². The van der Waals surface area contributed by atoms with E-state index in [4.69, 9.17) is 9.97 Å². The number of carbonyl (C=O) groups is 1.